The van der Waals surface area contributed by atoms with Gasteiger partial charge >= 0.3 is 0 Å². The summed E-state index contributed by atoms with van der Waals surface area (Å²) in [5.74, 6) is 0.745. The molecule has 1 unspecified atom stereocenters. The third kappa shape index (κ3) is 3.88. The van der Waals surface area contributed by atoms with Crippen LogP contribution in [0.4, 0.5) is 11.4 Å². The molecule has 0 bridgehead atoms. The van der Waals surface area contributed by atoms with Crippen LogP contribution in [0.15, 0.2) is 62.5 Å². The highest BCUT2D eigenvalue weighted by molar-refractivity contribution is 7.99. The molecule has 4 rings (SSSR count). The molecule has 2 aromatic rings. The number of hydrogen-bond acceptors (Lipinski definition) is 8. The van der Waals surface area contributed by atoms with Crippen LogP contribution >= 0.6 is 11.8 Å². The summed E-state index contributed by atoms with van der Waals surface area (Å²) in [6.07, 6.45) is 0.780. The summed E-state index contributed by atoms with van der Waals surface area (Å²) in [5.41, 5.74) is 8.30. The van der Waals surface area contributed by atoms with Gasteiger partial charge in [-0.05, 0) is 36.6 Å². The number of allylic oxidation sites excluding steroid dienone is 3. The molecule has 0 fully saturated rings. The van der Waals surface area contributed by atoms with Crippen molar-refractivity contribution in [2.45, 2.75) is 51.5 Å². The SMILES string of the molecule is CCSc1oc(C)cc1C1C(C#N)=C(N)N(c2ccccc2[N+](=O)[O-])C2=C1C(=O)CC(C)(C)C2. The molecule has 8 nitrogen and oxygen atoms in total. The van der Waals surface area contributed by atoms with Crippen molar-refractivity contribution >= 4 is 28.9 Å². The van der Waals surface area contributed by atoms with Gasteiger partial charge in [-0.25, -0.2) is 0 Å². The van der Waals surface area contributed by atoms with Crippen molar-refractivity contribution in [2.75, 3.05) is 10.7 Å². The largest absolute Gasteiger partial charge is 0.455 e. The molecular weight excluding hydrogens is 452 g/mol. The van der Waals surface area contributed by atoms with Gasteiger partial charge in [-0.3, -0.25) is 19.8 Å². The predicted octanol–water partition coefficient (Wildman–Crippen LogP) is 5.55. The van der Waals surface area contributed by atoms with Crippen LogP contribution in [0.1, 0.15) is 50.9 Å². The van der Waals surface area contributed by atoms with Gasteiger partial charge in [0.2, 0.25) is 0 Å². The molecule has 0 spiro atoms. The summed E-state index contributed by atoms with van der Waals surface area (Å²) >= 11 is 1.50. The first-order valence-electron chi connectivity index (χ1n) is 11.0. The zero-order chi connectivity index (χ0) is 24.8. The Balaban J connectivity index is 2.05. The van der Waals surface area contributed by atoms with Crippen molar-refractivity contribution in [1.82, 2.24) is 0 Å². The van der Waals surface area contributed by atoms with E-state index in [0.717, 1.165) is 11.3 Å². The van der Waals surface area contributed by atoms with E-state index < -0.39 is 10.8 Å². The second kappa shape index (κ2) is 8.69. The normalized spacial score (nSPS) is 19.8. The third-order valence-electron chi connectivity index (χ3n) is 6.13. The number of nitro groups is 1. The topological polar surface area (TPSA) is 126 Å². The zero-order valence-electron chi connectivity index (χ0n) is 19.5. The molecule has 0 saturated carbocycles. The van der Waals surface area contributed by atoms with Crippen molar-refractivity contribution in [3.8, 4) is 6.07 Å². The monoisotopic (exact) mass is 478 g/mol. The summed E-state index contributed by atoms with van der Waals surface area (Å²) in [4.78, 5) is 26.5. The summed E-state index contributed by atoms with van der Waals surface area (Å²) in [7, 11) is 0. The van der Waals surface area contributed by atoms with Gasteiger partial charge in [0.25, 0.3) is 5.69 Å². The Kier molecular flexibility index (Phi) is 6.04. The molecular formula is C25H26N4O4S. The van der Waals surface area contributed by atoms with E-state index in [2.05, 4.69) is 6.07 Å². The lowest BCUT2D eigenvalue weighted by molar-refractivity contribution is -0.384. The summed E-state index contributed by atoms with van der Waals surface area (Å²) in [5, 5.41) is 22.7. The highest BCUT2D eigenvalue weighted by Crippen LogP contribution is 2.52. The number of Topliss-reactive ketones (excluding diaryl/α,β-unsaturated/α-hetero) is 1. The Morgan fingerprint density at radius 3 is 2.71 bits per heavy atom. The molecule has 9 heteroatoms. The fourth-order valence-corrected chi connectivity index (χ4v) is 5.66. The molecule has 1 aliphatic heterocycles. The molecule has 2 N–H and O–H groups in total. The summed E-state index contributed by atoms with van der Waals surface area (Å²) < 4.78 is 5.91. The van der Waals surface area contributed by atoms with E-state index in [1.807, 2.05) is 33.8 Å². The van der Waals surface area contributed by atoms with Gasteiger partial charge in [-0.15, -0.1) is 0 Å². The van der Waals surface area contributed by atoms with Crippen LogP contribution in [0.5, 0.6) is 0 Å². The molecule has 0 amide bonds. The average molecular weight is 479 g/mol. The number of para-hydroxylation sites is 2. The van der Waals surface area contributed by atoms with Gasteiger partial charge in [0.05, 0.1) is 22.5 Å². The minimum absolute atomic E-state index is 0.0913. The maximum atomic E-state index is 13.6. The first-order chi connectivity index (χ1) is 16.1. The zero-order valence-corrected chi connectivity index (χ0v) is 20.4. The minimum Gasteiger partial charge on any atom is -0.455 e. The smallest absolute Gasteiger partial charge is 0.293 e. The van der Waals surface area contributed by atoms with Gasteiger partial charge in [0.1, 0.15) is 17.3 Å². The number of carbonyl (C=O) groups excluding carboxylic acids is 1. The number of thioether (sulfide) groups is 1. The maximum absolute atomic E-state index is 13.6. The molecule has 1 aliphatic carbocycles. The highest BCUT2D eigenvalue weighted by Gasteiger charge is 2.46. The van der Waals surface area contributed by atoms with Crippen molar-refractivity contribution in [1.29, 1.82) is 5.26 Å². The molecule has 1 aromatic carbocycles. The first kappa shape index (κ1) is 23.6. The van der Waals surface area contributed by atoms with E-state index in [1.165, 1.54) is 17.8 Å². The van der Waals surface area contributed by atoms with E-state index in [1.54, 1.807) is 23.1 Å². The molecule has 0 radical (unpaired) electrons. The molecule has 2 aliphatic rings. The fraction of sp³-hybridized carbons (Fsp3) is 0.360. The second-order valence-corrected chi connectivity index (χ2v) is 10.5. The van der Waals surface area contributed by atoms with Crippen LogP contribution < -0.4 is 10.6 Å². The number of ketones is 1. The lowest BCUT2D eigenvalue weighted by atomic mass is 9.69. The molecule has 34 heavy (non-hydrogen) atoms. The Morgan fingerprint density at radius 1 is 1.35 bits per heavy atom. The number of rotatable bonds is 5. The number of carbonyl (C=O) groups is 1. The van der Waals surface area contributed by atoms with Gasteiger partial charge < -0.3 is 10.2 Å². The summed E-state index contributed by atoms with van der Waals surface area (Å²) in [6, 6.07) is 10.3. The van der Waals surface area contributed by atoms with Crippen LogP contribution in [0.25, 0.3) is 0 Å². The standard InChI is InChI=1S/C25H26N4O4S/c1-5-34-24-15(10-14(2)33-24)21-16(13-26)23(27)28(17-8-6-7-9-18(17)29(31)32)19-11-25(3,4)12-20(30)22(19)21/h6-10,21H,5,11-12,27H2,1-4H3. The summed E-state index contributed by atoms with van der Waals surface area (Å²) in [6.45, 7) is 7.80. The third-order valence-corrected chi connectivity index (χ3v) is 7.00. The van der Waals surface area contributed by atoms with Crippen molar-refractivity contribution in [2.24, 2.45) is 11.1 Å². The van der Waals surface area contributed by atoms with E-state index in [9.17, 15) is 20.2 Å². The van der Waals surface area contributed by atoms with Gasteiger partial charge in [-0.1, -0.05) is 44.7 Å². The number of nitro benzene ring substituents is 1. The number of hydrogen-bond donors (Lipinski definition) is 1. The van der Waals surface area contributed by atoms with Crippen molar-refractivity contribution in [3.63, 3.8) is 0 Å². The Labute approximate surface area is 202 Å². The van der Waals surface area contributed by atoms with Gasteiger partial charge in [0, 0.05) is 29.3 Å². The van der Waals surface area contributed by atoms with Crippen LogP contribution in [-0.2, 0) is 4.79 Å². The van der Waals surface area contributed by atoms with Crippen LogP contribution in [-0.4, -0.2) is 16.5 Å². The molecule has 1 aromatic heterocycles. The maximum Gasteiger partial charge on any atom is 0.293 e. The lowest BCUT2D eigenvalue weighted by Crippen LogP contribution is -2.42. The second-order valence-electron chi connectivity index (χ2n) is 9.26. The number of aryl methyl sites for hydroxylation is 1. The Morgan fingerprint density at radius 2 is 2.06 bits per heavy atom. The van der Waals surface area contributed by atoms with Crippen molar-refractivity contribution < 1.29 is 14.1 Å². The van der Waals surface area contributed by atoms with Crippen LogP contribution in [0, 0.1) is 33.8 Å². The number of benzene rings is 1. The number of nitrogens with zero attached hydrogens (tertiary/aromatic N) is 3. The van der Waals surface area contributed by atoms with E-state index in [0.29, 0.717) is 35.0 Å². The van der Waals surface area contributed by atoms with Gasteiger partial charge in [-0.2, -0.15) is 5.26 Å². The predicted molar refractivity (Wildman–Crippen MR) is 130 cm³/mol. The average Bonchev–Trinajstić information content (AvgIpc) is 3.12. The molecule has 2 heterocycles. The quantitative estimate of drug-likeness (QED) is 0.337. The molecule has 176 valence electrons. The van der Waals surface area contributed by atoms with E-state index in [-0.39, 0.29) is 34.0 Å². The van der Waals surface area contributed by atoms with Crippen molar-refractivity contribution in [3.05, 3.63) is 74.4 Å². The highest BCUT2D eigenvalue weighted by atomic mass is 32.2. The lowest BCUT2D eigenvalue weighted by Gasteiger charge is -2.43. The van der Waals surface area contributed by atoms with Gasteiger partial charge in [0.15, 0.2) is 10.9 Å². The Hall–Kier alpha value is -3.51. The first-order valence-corrected chi connectivity index (χ1v) is 12.0. The fourth-order valence-electron chi connectivity index (χ4n) is 4.86. The van der Waals surface area contributed by atoms with E-state index >= 15 is 0 Å². The molecule has 1 atom stereocenters. The number of nitrogens with two attached hydrogens (primary N) is 1. The van der Waals surface area contributed by atoms with Crippen LogP contribution in [0.2, 0.25) is 0 Å². The van der Waals surface area contributed by atoms with Crippen LogP contribution in [0.3, 0.4) is 0 Å². The number of anilines is 1. The minimum atomic E-state index is -0.686. The van der Waals surface area contributed by atoms with E-state index in [4.69, 9.17) is 10.2 Å². The Bertz CT molecular complexity index is 1300. The molecule has 0 saturated heterocycles. The number of nitriles is 1. The number of furan rings is 1.